The van der Waals surface area contributed by atoms with E-state index in [2.05, 4.69) is 9.72 Å². The Morgan fingerprint density at radius 1 is 1.48 bits per heavy atom. The Kier molecular flexibility index (Phi) is 4.63. The smallest absolute Gasteiger partial charge is 0.404 e. The molecule has 2 aromatic rings. The van der Waals surface area contributed by atoms with Crippen LogP contribution in [0.4, 0.5) is 9.18 Å². The number of rotatable bonds is 6. The monoisotopic (exact) mass is 313 g/mol. The maximum Gasteiger partial charge on any atom is 0.404 e. The number of primary amides is 1. The van der Waals surface area contributed by atoms with Gasteiger partial charge in [0.25, 0.3) is 0 Å². The quantitative estimate of drug-likeness (QED) is 0.782. The van der Waals surface area contributed by atoms with E-state index in [-0.39, 0.29) is 18.9 Å². The van der Waals surface area contributed by atoms with E-state index < -0.39 is 17.9 Å². The maximum atomic E-state index is 13.2. The number of amides is 1. The molecule has 0 fully saturated rings. The summed E-state index contributed by atoms with van der Waals surface area (Å²) < 4.78 is 19.5. The Labute approximate surface area is 122 Å². The SMILES string of the molecule is NC(=O)OCCn1c(SCC(=O)O)nc2cc(F)ccc21. The molecule has 0 radical (unpaired) electrons. The molecule has 3 N–H and O–H groups in total. The van der Waals surface area contributed by atoms with Crippen LogP contribution in [0.1, 0.15) is 0 Å². The number of halogens is 1. The fourth-order valence-electron chi connectivity index (χ4n) is 1.77. The Hall–Kier alpha value is -2.29. The zero-order chi connectivity index (χ0) is 15.4. The average Bonchev–Trinajstić information content (AvgIpc) is 2.73. The normalized spacial score (nSPS) is 10.7. The highest BCUT2D eigenvalue weighted by Crippen LogP contribution is 2.24. The topological polar surface area (TPSA) is 107 Å². The van der Waals surface area contributed by atoms with Crippen LogP contribution < -0.4 is 5.73 Å². The minimum Gasteiger partial charge on any atom is -0.481 e. The minimum atomic E-state index is -0.988. The van der Waals surface area contributed by atoms with Gasteiger partial charge >= 0.3 is 12.1 Å². The first-order valence-electron chi connectivity index (χ1n) is 5.90. The first kappa shape index (κ1) is 15.1. The highest BCUT2D eigenvalue weighted by Gasteiger charge is 2.13. The average molecular weight is 313 g/mol. The lowest BCUT2D eigenvalue weighted by Gasteiger charge is -2.08. The number of ether oxygens (including phenoxy) is 1. The fourth-order valence-corrected chi connectivity index (χ4v) is 2.53. The molecule has 0 spiro atoms. The van der Waals surface area contributed by atoms with Crippen molar-refractivity contribution in [3.8, 4) is 0 Å². The number of carboxylic acids is 1. The van der Waals surface area contributed by atoms with Crippen molar-refractivity contribution in [3.05, 3.63) is 24.0 Å². The van der Waals surface area contributed by atoms with E-state index in [0.717, 1.165) is 11.8 Å². The van der Waals surface area contributed by atoms with E-state index in [1.165, 1.54) is 18.2 Å². The molecule has 9 heteroatoms. The summed E-state index contributed by atoms with van der Waals surface area (Å²) in [6.07, 6.45) is -0.898. The number of carboxylic acid groups (broad SMARTS) is 1. The van der Waals surface area contributed by atoms with Gasteiger partial charge in [-0.15, -0.1) is 0 Å². The molecule has 0 atom stereocenters. The number of carbonyl (C=O) groups is 2. The van der Waals surface area contributed by atoms with Gasteiger partial charge in [-0.3, -0.25) is 4.79 Å². The molecule has 0 unspecified atom stereocenters. The van der Waals surface area contributed by atoms with Gasteiger partial charge in [0, 0.05) is 6.07 Å². The van der Waals surface area contributed by atoms with Gasteiger partial charge in [0.15, 0.2) is 5.16 Å². The van der Waals surface area contributed by atoms with Crippen LogP contribution in [-0.4, -0.2) is 39.1 Å². The number of aromatic nitrogens is 2. The Bertz CT molecular complexity index is 688. The van der Waals surface area contributed by atoms with E-state index in [1.807, 2.05) is 0 Å². The molecule has 21 heavy (non-hydrogen) atoms. The van der Waals surface area contributed by atoms with E-state index in [4.69, 9.17) is 10.8 Å². The number of thioether (sulfide) groups is 1. The van der Waals surface area contributed by atoms with Crippen molar-refractivity contribution in [2.75, 3.05) is 12.4 Å². The number of benzene rings is 1. The molecular formula is C12H12FN3O4S. The first-order valence-corrected chi connectivity index (χ1v) is 6.88. The summed E-state index contributed by atoms with van der Waals surface area (Å²) in [6.45, 7) is 0.256. The summed E-state index contributed by atoms with van der Waals surface area (Å²) >= 11 is 1.00. The lowest BCUT2D eigenvalue weighted by Crippen LogP contribution is -2.17. The van der Waals surface area contributed by atoms with Gasteiger partial charge in [0.1, 0.15) is 12.4 Å². The first-order chi connectivity index (χ1) is 9.97. The molecule has 0 bridgehead atoms. The predicted molar refractivity (Wildman–Crippen MR) is 73.6 cm³/mol. The van der Waals surface area contributed by atoms with Crippen LogP contribution in [-0.2, 0) is 16.1 Å². The van der Waals surface area contributed by atoms with Gasteiger partial charge in [0.2, 0.25) is 0 Å². The van der Waals surface area contributed by atoms with E-state index >= 15 is 0 Å². The lowest BCUT2D eigenvalue weighted by atomic mass is 10.3. The summed E-state index contributed by atoms with van der Waals surface area (Å²) in [5.41, 5.74) is 5.91. The number of hydrogen-bond donors (Lipinski definition) is 2. The third-order valence-corrected chi connectivity index (χ3v) is 3.52. The van der Waals surface area contributed by atoms with Crippen LogP contribution in [0.5, 0.6) is 0 Å². The van der Waals surface area contributed by atoms with Crippen LogP contribution in [0.15, 0.2) is 23.4 Å². The molecule has 0 aliphatic carbocycles. The van der Waals surface area contributed by atoms with Gasteiger partial charge in [-0.2, -0.15) is 0 Å². The number of nitrogens with two attached hydrogens (primary N) is 1. The van der Waals surface area contributed by atoms with Crippen LogP contribution in [0.2, 0.25) is 0 Å². The van der Waals surface area contributed by atoms with Crippen LogP contribution in [0, 0.1) is 5.82 Å². The maximum absolute atomic E-state index is 13.2. The zero-order valence-electron chi connectivity index (χ0n) is 10.8. The molecule has 1 aromatic heterocycles. The number of hydrogen-bond acceptors (Lipinski definition) is 5. The molecule has 7 nitrogen and oxygen atoms in total. The van der Waals surface area contributed by atoms with Crippen molar-refractivity contribution >= 4 is 34.9 Å². The summed E-state index contributed by atoms with van der Waals surface area (Å²) in [5.74, 6) is -1.60. The predicted octanol–water partition coefficient (Wildman–Crippen LogP) is 1.45. The Morgan fingerprint density at radius 2 is 2.24 bits per heavy atom. The second-order valence-electron chi connectivity index (χ2n) is 4.03. The molecule has 0 aliphatic heterocycles. The largest absolute Gasteiger partial charge is 0.481 e. The van der Waals surface area contributed by atoms with Crippen molar-refractivity contribution in [1.82, 2.24) is 9.55 Å². The number of aliphatic carboxylic acids is 1. The minimum absolute atomic E-state index is 0.0127. The van der Waals surface area contributed by atoms with Gasteiger partial charge in [0.05, 0.1) is 23.3 Å². The molecule has 112 valence electrons. The Morgan fingerprint density at radius 3 is 2.90 bits per heavy atom. The molecule has 0 saturated heterocycles. The van der Waals surface area contributed by atoms with E-state index in [0.29, 0.717) is 16.2 Å². The molecular weight excluding hydrogens is 301 g/mol. The number of imidazole rings is 1. The lowest BCUT2D eigenvalue weighted by molar-refractivity contribution is -0.133. The second kappa shape index (κ2) is 6.44. The van der Waals surface area contributed by atoms with Crippen molar-refractivity contribution in [3.63, 3.8) is 0 Å². The van der Waals surface area contributed by atoms with Crippen molar-refractivity contribution in [1.29, 1.82) is 0 Å². The van der Waals surface area contributed by atoms with Crippen molar-refractivity contribution in [2.24, 2.45) is 5.73 Å². The standard InChI is InChI=1S/C12H12FN3O4S/c13-7-1-2-9-8(5-7)15-12(21-6-10(17)18)16(9)3-4-20-11(14)19/h1-2,5H,3-4,6H2,(H2,14,19)(H,17,18). The third kappa shape index (κ3) is 3.85. The second-order valence-corrected chi connectivity index (χ2v) is 4.97. The summed E-state index contributed by atoms with van der Waals surface area (Å²) in [7, 11) is 0. The molecule has 2 rings (SSSR count). The highest BCUT2D eigenvalue weighted by atomic mass is 32.2. The Balaban J connectivity index is 2.29. The molecule has 0 saturated carbocycles. The van der Waals surface area contributed by atoms with Crippen molar-refractivity contribution in [2.45, 2.75) is 11.7 Å². The van der Waals surface area contributed by atoms with Crippen molar-refractivity contribution < 1.29 is 23.8 Å². The summed E-state index contributed by atoms with van der Waals surface area (Å²) in [6, 6.07) is 4.07. The fraction of sp³-hybridized carbons (Fsp3) is 0.250. The molecule has 1 amide bonds. The summed E-state index contributed by atoms with van der Waals surface area (Å²) in [4.78, 5) is 25.4. The van der Waals surface area contributed by atoms with Crippen LogP contribution >= 0.6 is 11.8 Å². The van der Waals surface area contributed by atoms with Gasteiger partial charge < -0.3 is 20.1 Å². The molecule has 1 heterocycles. The highest BCUT2D eigenvalue weighted by molar-refractivity contribution is 7.99. The van der Waals surface area contributed by atoms with Gasteiger partial charge in [-0.05, 0) is 12.1 Å². The van der Waals surface area contributed by atoms with Gasteiger partial charge in [-0.25, -0.2) is 14.2 Å². The van der Waals surface area contributed by atoms with Crippen LogP contribution in [0.3, 0.4) is 0 Å². The molecule has 0 aliphatic rings. The van der Waals surface area contributed by atoms with E-state index in [1.54, 1.807) is 4.57 Å². The number of nitrogens with zero attached hydrogens (tertiary/aromatic N) is 2. The van der Waals surface area contributed by atoms with E-state index in [9.17, 15) is 14.0 Å². The molecule has 1 aromatic carbocycles. The third-order valence-electron chi connectivity index (χ3n) is 2.56. The number of carbonyl (C=O) groups excluding carboxylic acids is 1. The number of fused-ring (bicyclic) bond motifs is 1. The van der Waals surface area contributed by atoms with Crippen LogP contribution in [0.25, 0.3) is 11.0 Å². The van der Waals surface area contributed by atoms with Gasteiger partial charge in [-0.1, -0.05) is 11.8 Å². The zero-order valence-corrected chi connectivity index (χ0v) is 11.6. The summed E-state index contributed by atoms with van der Waals surface area (Å²) in [5, 5.41) is 9.14.